The van der Waals surface area contributed by atoms with Crippen LogP contribution in [-0.2, 0) is 10.0 Å². The summed E-state index contributed by atoms with van der Waals surface area (Å²) in [5, 5.41) is 14.9. The van der Waals surface area contributed by atoms with Crippen molar-refractivity contribution in [3.05, 3.63) is 41.8 Å². The Balaban J connectivity index is 1.99. The predicted octanol–water partition coefficient (Wildman–Crippen LogP) is 1.73. The molecule has 0 atom stereocenters. The number of H-pyrrole nitrogens is 1. The highest BCUT2D eigenvalue weighted by molar-refractivity contribution is 7.93. The number of hydrogen-bond acceptors (Lipinski definition) is 6. The highest BCUT2D eigenvalue weighted by Crippen LogP contribution is 2.30. The molecule has 3 aromatic rings. The molecule has 1 aromatic carbocycles. The minimum atomic E-state index is -3.68. The number of aromatic amines is 1. The Morgan fingerprint density at radius 1 is 1.15 bits per heavy atom. The van der Waals surface area contributed by atoms with Gasteiger partial charge in [0, 0.05) is 5.69 Å². The van der Waals surface area contributed by atoms with Crippen LogP contribution in [-0.4, -0.2) is 29.0 Å². The molecule has 0 aliphatic carbocycles. The van der Waals surface area contributed by atoms with Gasteiger partial charge in [0.1, 0.15) is 4.90 Å². The highest BCUT2D eigenvalue weighted by atomic mass is 32.2. The van der Waals surface area contributed by atoms with Crippen molar-refractivity contribution in [1.82, 2.24) is 20.6 Å². The molecule has 0 aliphatic heterocycles. The molecule has 2 aromatic heterocycles. The minimum Gasteiger partial charge on any atom is -0.280 e. The van der Waals surface area contributed by atoms with E-state index in [1.807, 2.05) is 6.07 Å². The van der Waals surface area contributed by atoms with E-state index < -0.39 is 10.0 Å². The van der Waals surface area contributed by atoms with E-state index in [4.69, 9.17) is 0 Å². The molecule has 3 rings (SSSR count). The molecule has 0 unspecified atom stereocenters. The number of aromatic nitrogens is 4. The van der Waals surface area contributed by atoms with Crippen molar-refractivity contribution in [2.45, 2.75) is 4.90 Å². The summed E-state index contributed by atoms with van der Waals surface area (Å²) < 4.78 is 27.3. The normalized spacial score (nSPS) is 11.4. The van der Waals surface area contributed by atoms with Crippen molar-refractivity contribution in [3.8, 4) is 10.7 Å². The monoisotopic (exact) mass is 307 g/mol. The summed E-state index contributed by atoms with van der Waals surface area (Å²) >= 11 is 1.25. The van der Waals surface area contributed by atoms with Crippen LogP contribution in [0.1, 0.15) is 0 Å². The number of sulfonamides is 1. The lowest BCUT2D eigenvalue weighted by molar-refractivity contribution is 0.601. The zero-order valence-electron chi connectivity index (χ0n) is 10.0. The van der Waals surface area contributed by atoms with Crippen molar-refractivity contribution in [2.24, 2.45) is 0 Å². The average molecular weight is 307 g/mol. The fraction of sp³-hybridized carbons (Fsp3) is 0. The van der Waals surface area contributed by atoms with Crippen LogP contribution >= 0.6 is 11.3 Å². The third kappa shape index (κ3) is 2.40. The Labute approximate surface area is 118 Å². The largest absolute Gasteiger partial charge is 0.280 e. The molecule has 0 bridgehead atoms. The third-order valence-electron chi connectivity index (χ3n) is 2.51. The van der Waals surface area contributed by atoms with Crippen molar-refractivity contribution in [2.75, 3.05) is 4.72 Å². The molecule has 2 N–H and O–H groups in total. The van der Waals surface area contributed by atoms with Crippen LogP contribution in [0.25, 0.3) is 10.7 Å². The summed E-state index contributed by atoms with van der Waals surface area (Å²) in [7, 11) is -3.68. The van der Waals surface area contributed by atoms with E-state index in [-0.39, 0.29) is 4.90 Å². The van der Waals surface area contributed by atoms with Gasteiger partial charge in [0.15, 0.2) is 5.82 Å². The zero-order valence-corrected chi connectivity index (χ0v) is 11.6. The van der Waals surface area contributed by atoms with Crippen molar-refractivity contribution < 1.29 is 8.42 Å². The summed E-state index contributed by atoms with van der Waals surface area (Å²) in [6, 6.07) is 10.2. The second-order valence-electron chi connectivity index (χ2n) is 3.84. The van der Waals surface area contributed by atoms with Gasteiger partial charge < -0.3 is 0 Å². The number of nitrogens with zero attached hydrogens (tertiary/aromatic N) is 3. The van der Waals surface area contributed by atoms with Crippen molar-refractivity contribution >= 4 is 27.0 Å². The summed E-state index contributed by atoms with van der Waals surface area (Å²) in [6.45, 7) is 0. The maximum absolute atomic E-state index is 12.4. The van der Waals surface area contributed by atoms with Gasteiger partial charge in [-0.25, -0.2) is 13.5 Å². The summed E-state index contributed by atoms with van der Waals surface area (Å²) in [4.78, 5) is 0.614. The molecule has 9 heteroatoms. The number of tetrazole rings is 1. The van der Waals surface area contributed by atoms with Crippen molar-refractivity contribution in [3.63, 3.8) is 0 Å². The van der Waals surface area contributed by atoms with Crippen LogP contribution in [0.4, 0.5) is 5.69 Å². The molecular weight excluding hydrogens is 298 g/mol. The second kappa shape index (κ2) is 5.02. The molecule has 20 heavy (non-hydrogen) atoms. The summed E-state index contributed by atoms with van der Waals surface area (Å²) in [6.07, 6.45) is 0. The van der Waals surface area contributed by atoms with E-state index >= 15 is 0 Å². The summed E-state index contributed by atoms with van der Waals surface area (Å²) in [5.41, 5.74) is 0.500. The van der Waals surface area contributed by atoms with Crippen LogP contribution in [0.2, 0.25) is 0 Å². The van der Waals surface area contributed by atoms with Crippen molar-refractivity contribution in [1.29, 1.82) is 0 Å². The number of rotatable bonds is 4. The Hall–Kier alpha value is -2.26. The quantitative estimate of drug-likeness (QED) is 0.764. The fourth-order valence-corrected chi connectivity index (χ4v) is 4.08. The summed E-state index contributed by atoms with van der Waals surface area (Å²) in [5.74, 6) is 0.327. The first-order valence-electron chi connectivity index (χ1n) is 5.56. The maximum atomic E-state index is 12.4. The molecule has 0 amide bonds. The Bertz CT molecular complexity index is 796. The van der Waals surface area contributed by atoms with Gasteiger partial charge in [0.05, 0.1) is 4.88 Å². The topological polar surface area (TPSA) is 101 Å². The number of anilines is 1. The molecule has 0 fully saturated rings. The highest BCUT2D eigenvalue weighted by Gasteiger charge is 2.22. The molecule has 102 valence electrons. The first-order valence-corrected chi connectivity index (χ1v) is 7.92. The molecule has 0 aliphatic rings. The van der Waals surface area contributed by atoms with Gasteiger partial charge >= 0.3 is 0 Å². The molecule has 0 radical (unpaired) electrons. The number of thiophene rings is 1. The Kier molecular flexibility index (Phi) is 3.20. The van der Waals surface area contributed by atoms with E-state index in [2.05, 4.69) is 25.3 Å². The number of para-hydroxylation sites is 1. The van der Waals surface area contributed by atoms with Crippen LogP contribution in [0.5, 0.6) is 0 Å². The average Bonchev–Trinajstić information content (AvgIpc) is 3.10. The lowest BCUT2D eigenvalue weighted by Crippen LogP contribution is -2.13. The van der Waals surface area contributed by atoms with E-state index in [9.17, 15) is 8.42 Å². The zero-order chi connectivity index (χ0) is 14.0. The lowest BCUT2D eigenvalue weighted by Gasteiger charge is -2.07. The molecule has 0 saturated heterocycles. The number of hydrogen-bond donors (Lipinski definition) is 2. The van der Waals surface area contributed by atoms with Gasteiger partial charge in [-0.1, -0.05) is 18.2 Å². The second-order valence-corrected chi connectivity index (χ2v) is 6.40. The van der Waals surface area contributed by atoms with Gasteiger partial charge in [-0.2, -0.15) is 0 Å². The molecular formula is C11H9N5O2S2. The Morgan fingerprint density at radius 3 is 2.65 bits per heavy atom. The standard InChI is InChI=1S/C11H9N5O2S2/c17-20(18,14-8-4-2-1-3-5-8)9-6-7-19-10(9)11-12-15-16-13-11/h1-7,14H,(H,12,13,15,16). The molecule has 0 saturated carbocycles. The van der Waals surface area contributed by atoms with Crippen LogP contribution in [0, 0.1) is 0 Å². The molecule has 2 heterocycles. The number of benzene rings is 1. The van der Waals surface area contributed by atoms with Gasteiger partial charge in [-0.15, -0.1) is 16.4 Å². The first-order chi connectivity index (χ1) is 9.67. The minimum absolute atomic E-state index is 0.143. The lowest BCUT2D eigenvalue weighted by atomic mass is 10.3. The Morgan fingerprint density at radius 2 is 1.95 bits per heavy atom. The van der Waals surface area contributed by atoms with E-state index in [1.165, 1.54) is 17.4 Å². The maximum Gasteiger partial charge on any atom is 0.263 e. The fourth-order valence-electron chi connectivity index (χ4n) is 1.65. The van der Waals surface area contributed by atoms with E-state index in [0.717, 1.165) is 0 Å². The van der Waals surface area contributed by atoms with Crippen LogP contribution < -0.4 is 4.72 Å². The number of nitrogens with one attached hydrogen (secondary N) is 2. The molecule has 7 nitrogen and oxygen atoms in total. The van der Waals surface area contributed by atoms with Gasteiger partial charge in [-0.05, 0) is 34.0 Å². The van der Waals surface area contributed by atoms with Crippen LogP contribution in [0.3, 0.4) is 0 Å². The molecule has 0 spiro atoms. The van der Waals surface area contributed by atoms with Crippen LogP contribution in [0.15, 0.2) is 46.7 Å². The predicted molar refractivity (Wildman–Crippen MR) is 74.7 cm³/mol. The third-order valence-corrected chi connectivity index (χ3v) is 4.98. The van der Waals surface area contributed by atoms with Gasteiger partial charge in [-0.3, -0.25) is 4.72 Å². The van der Waals surface area contributed by atoms with Gasteiger partial charge in [0.25, 0.3) is 10.0 Å². The van der Waals surface area contributed by atoms with E-state index in [0.29, 0.717) is 16.4 Å². The first kappa shape index (κ1) is 12.8. The van der Waals surface area contributed by atoms with Gasteiger partial charge in [0.2, 0.25) is 0 Å². The van der Waals surface area contributed by atoms with E-state index in [1.54, 1.807) is 29.6 Å². The SMILES string of the molecule is O=S(=O)(Nc1ccccc1)c1ccsc1-c1nnn[nH]1. The smallest absolute Gasteiger partial charge is 0.263 e.